The largest absolute Gasteiger partial charge is 0.391 e. The van der Waals surface area contributed by atoms with Crippen LogP contribution in [-0.4, -0.2) is 30.4 Å². The molecular weight excluding hydrogens is 280 g/mol. The quantitative estimate of drug-likeness (QED) is 0.656. The number of ether oxygens (including phenoxy) is 1. The second kappa shape index (κ2) is 10.2. The zero-order valence-corrected chi connectivity index (χ0v) is 13.8. The Labute approximate surface area is 133 Å². The van der Waals surface area contributed by atoms with Crippen LogP contribution in [0.5, 0.6) is 0 Å². The smallest absolute Gasteiger partial charge is 0.319 e. The molecule has 0 aliphatic carbocycles. The Balaban J connectivity index is 2.51. The predicted octanol–water partition coefficient (Wildman–Crippen LogP) is 3.14. The molecule has 0 aliphatic heterocycles. The van der Waals surface area contributed by atoms with Crippen molar-refractivity contribution in [2.24, 2.45) is 5.92 Å². The van der Waals surface area contributed by atoms with Crippen molar-refractivity contribution in [2.75, 3.05) is 18.5 Å². The van der Waals surface area contributed by atoms with Gasteiger partial charge in [-0.1, -0.05) is 44.9 Å². The summed E-state index contributed by atoms with van der Waals surface area (Å²) in [7, 11) is 0. The molecule has 2 amide bonds. The van der Waals surface area contributed by atoms with E-state index in [0.29, 0.717) is 13.2 Å². The van der Waals surface area contributed by atoms with Gasteiger partial charge in [0.05, 0.1) is 12.7 Å². The zero-order chi connectivity index (χ0) is 16.4. The molecule has 1 unspecified atom stereocenters. The van der Waals surface area contributed by atoms with Crippen molar-refractivity contribution in [1.29, 1.82) is 0 Å². The van der Waals surface area contributed by atoms with Crippen LogP contribution < -0.4 is 10.6 Å². The Morgan fingerprint density at radius 1 is 1.23 bits per heavy atom. The molecule has 0 aromatic heterocycles. The Morgan fingerprint density at radius 2 is 1.91 bits per heavy atom. The molecule has 0 bridgehead atoms. The van der Waals surface area contributed by atoms with E-state index < -0.39 is 6.10 Å². The first-order chi connectivity index (χ1) is 10.6. The van der Waals surface area contributed by atoms with Gasteiger partial charge >= 0.3 is 6.03 Å². The van der Waals surface area contributed by atoms with Gasteiger partial charge in [-0.25, -0.2) is 4.79 Å². The molecule has 1 atom stereocenters. The molecule has 0 spiro atoms. The number of hydrogen-bond acceptors (Lipinski definition) is 3. The Kier molecular flexibility index (Phi) is 8.55. The van der Waals surface area contributed by atoms with Gasteiger partial charge in [-0.3, -0.25) is 0 Å². The highest BCUT2D eigenvalue weighted by Crippen LogP contribution is 2.16. The fraction of sp³-hybridized carbons (Fsp3) is 0.588. The number of hydrogen-bond donors (Lipinski definition) is 3. The van der Waals surface area contributed by atoms with E-state index in [1.165, 1.54) is 0 Å². The highest BCUT2D eigenvalue weighted by molar-refractivity contribution is 5.90. The fourth-order valence-corrected chi connectivity index (χ4v) is 2.34. The van der Waals surface area contributed by atoms with Crippen LogP contribution in [0.15, 0.2) is 24.3 Å². The number of aliphatic hydroxyl groups is 1. The van der Waals surface area contributed by atoms with Crippen LogP contribution in [0.1, 0.15) is 39.2 Å². The van der Waals surface area contributed by atoms with Crippen molar-refractivity contribution in [3.8, 4) is 0 Å². The number of rotatable bonds is 9. The molecule has 1 aromatic rings. The molecule has 0 heterocycles. The van der Waals surface area contributed by atoms with E-state index in [-0.39, 0.29) is 18.5 Å². The lowest BCUT2D eigenvalue weighted by molar-refractivity contribution is 0.104. The van der Waals surface area contributed by atoms with Crippen LogP contribution in [0.2, 0.25) is 0 Å². The number of carbonyl (C=O) groups excluding carboxylic acids is 1. The highest BCUT2D eigenvalue weighted by atomic mass is 16.5. The number of benzene rings is 1. The molecule has 0 fully saturated rings. The number of nitrogens with one attached hydrogen (secondary N) is 2. The van der Waals surface area contributed by atoms with Crippen molar-refractivity contribution in [3.05, 3.63) is 29.8 Å². The van der Waals surface area contributed by atoms with Crippen LogP contribution in [0.4, 0.5) is 10.5 Å². The molecule has 5 nitrogen and oxygen atoms in total. The highest BCUT2D eigenvalue weighted by Gasteiger charge is 2.16. The third-order valence-electron chi connectivity index (χ3n) is 3.79. The Hall–Kier alpha value is -1.59. The summed E-state index contributed by atoms with van der Waals surface area (Å²) in [6.45, 7) is 7.36. The minimum Gasteiger partial charge on any atom is -0.391 e. The number of aliphatic hydroxyl groups excluding tert-OH is 1. The average Bonchev–Trinajstić information content (AvgIpc) is 2.53. The van der Waals surface area contributed by atoms with Crippen LogP contribution in [0.25, 0.3) is 0 Å². The second-order valence-electron chi connectivity index (χ2n) is 5.27. The molecule has 0 aliphatic rings. The van der Waals surface area contributed by atoms with Crippen molar-refractivity contribution < 1.29 is 14.6 Å². The maximum atomic E-state index is 12.0. The lowest BCUT2D eigenvalue weighted by Crippen LogP contribution is -2.38. The van der Waals surface area contributed by atoms with Gasteiger partial charge in [0.25, 0.3) is 0 Å². The summed E-state index contributed by atoms with van der Waals surface area (Å²) in [5.74, 6) is 0.213. The third kappa shape index (κ3) is 6.03. The van der Waals surface area contributed by atoms with Crippen LogP contribution in [0, 0.1) is 5.92 Å². The first-order valence-electron chi connectivity index (χ1n) is 8.00. The van der Waals surface area contributed by atoms with Crippen LogP contribution in [0.3, 0.4) is 0 Å². The maximum Gasteiger partial charge on any atom is 0.319 e. The molecule has 0 saturated carbocycles. The summed E-state index contributed by atoms with van der Waals surface area (Å²) in [4.78, 5) is 12.0. The summed E-state index contributed by atoms with van der Waals surface area (Å²) < 4.78 is 5.39. The van der Waals surface area contributed by atoms with Gasteiger partial charge in [0.2, 0.25) is 0 Å². The summed E-state index contributed by atoms with van der Waals surface area (Å²) in [6.07, 6.45) is 1.29. The number of carbonyl (C=O) groups is 1. The summed E-state index contributed by atoms with van der Waals surface area (Å²) in [5, 5.41) is 15.6. The maximum absolute atomic E-state index is 12.0. The lowest BCUT2D eigenvalue weighted by Gasteiger charge is -2.20. The van der Waals surface area contributed by atoms with Crippen molar-refractivity contribution in [1.82, 2.24) is 5.32 Å². The van der Waals surface area contributed by atoms with E-state index in [1.807, 2.05) is 45.0 Å². The minimum atomic E-state index is -0.514. The summed E-state index contributed by atoms with van der Waals surface area (Å²) in [5.41, 5.74) is 1.66. The zero-order valence-electron chi connectivity index (χ0n) is 13.8. The van der Waals surface area contributed by atoms with E-state index in [2.05, 4.69) is 10.6 Å². The predicted molar refractivity (Wildman–Crippen MR) is 88.9 cm³/mol. The monoisotopic (exact) mass is 308 g/mol. The van der Waals surface area contributed by atoms with E-state index in [0.717, 1.165) is 24.1 Å². The number of para-hydroxylation sites is 1. The average molecular weight is 308 g/mol. The van der Waals surface area contributed by atoms with E-state index >= 15 is 0 Å². The van der Waals surface area contributed by atoms with Gasteiger partial charge in [0.1, 0.15) is 0 Å². The summed E-state index contributed by atoms with van der Waals surface area (Å²) >= 11 is 0. The second-order valence-corrected chi connectivity index (χ2v) is 5.27. The summed E-state index contributed by atoms with van der Waals surface area (Å²) in [6, 6.07) is 7.22. The lowest BCUT2D eigenvalue weighted by atomic mass is 9.97. The van der Waals surface area contributed by atoms with E-state index in [9.17, 15) is 9.90 Å². The number of anilines is 1. The minimum absolute atomic E-state index is 0.213. The fourth-order valence-electron chi connectivity index (χ4n) is 2.34. The van der Waals surface area contributed by atoms with Crippen molar-refractivity contribution >= 4 is 11.7 Å². The van der Waals surface area contributed by atoms with Crippen LogP contribution in [-0.2, 0) is 11.3 Å². The first kappa shape index (κ1) is 18.5. The molecule has 22 heavy (non-hydrogen) atoms. The Bertz CT molecular complexity index is 447. The topological polar surface area (TPSA) is 70.6 Å². The Morgan fingerprint density at radius 3 is 2.55 bits per heavy atom. The number of amides is 2. The molecular formula is C17H28N2O3. The molecule has 1 rings (SSSR count). The van der Waals surface area contributed by atoms with Gasteiger partial charge in [-0.2, -0.15) is 0 Å². The van der Waals surface area contributed by atoms with Gasteiger partial charge < -0.3 is 20.5 Å². The molecule has 0 radical (unpaired) electrons. The standard InChI is InChI=1S/C17H28N2O3/c1-4-13(5-2)16(20)11-18-17(21)19-15-10-8-7-9-14(15)12-22-6-3/h7-10,13,16,20H,4-6,11-12H2,1-3H3,(H2,18,19,21). The molecule has 3 N–H and O–H groups in total. The van der Waals surface area contributed by atoms with Gasteiger partial charge in [-0.15, -0.1) is 0 Å². The van der Waals surface area contributed by atoms with Crippen molar-refractivity contribution in [3.63, 3.8) is 0 Å². The number of urea groups is 1. The van der Waals surface area contributed by atoms with Gasteiger partial charge in [-0.05, 0) is 18.9 Å². The third-order valence-corrected chi connectivity index (χ3v) is 3.79. The van der Waals surface area contributed by atoms with Crippen LogP contribution >= 0.6 is 0 Å². The SMILES string of the molecule is CCOCc1ccccc1NC(=O)NCC(O)C(CC)CC. The molecule has 0 saturated heterocycles. The molecule has 5 heteroatoms. The van der Waals surface area contributed by atoms with E-state index in [4.69, 9.17) is 4.74 Å². The first-order valence-corrected chi connectivity index (χ1v) is 8.00. The van der Waals surface area contributed by atoms with E-state index in [1.54, 1.807) is 0 Å². The van der Waals surface area contributed by atoms with Crippen molar-refractivity contribution in [2.45, 2.75) is 46.3 Å². The molecule has 1 aromatic carbocycles. The molecule has 124 valence electrons. The normalized spacial score (nSPS) is 12.2. The van der Waals surface area contributed by atoms with Gasteiger partial charge in [0, 0.05) is 24.4 Å². The van der Waals surface area contributed by atoms with Gasteiger partial charge in [0.15, 0.2) is 0 Å².